The third-order valence-corrected chi connectivity index (χ3v) is 6.52. The van der Waals surface area contributed by atoms with Crippen LogP contribution >= 0.6 is 11.3 Å². The van der Waals surface area contributed by atoms with E-state index in [9.17, 15) is 9.59 Å². The fraction of sp³-hybridized carbons (Fsp3) is 0.381. The standard InChI is InChI=1S/C21H23N5O2S/c1-12-17-13(2)23-14(3)24-20(17)29-18(12)21(28)26-10-7-15(8-11-26)19(27)25-16-6-4-5-9-22-16/h4-6,9,15H,7-8,10-11H2,1-3H3,(H,22,25,27). The number of hydrogen-bond acceptors (Lipinski definition) is 6. The molecule has 2 amide bonds. The maximum Gasteiger partial charge on any atom is 0.264 e. The fourth-order valence-corrected chi connectivity index (χ4v) is 5.08. The zero-order chi connectivity index (χ0) is 20.5. The van der Waals surface area contributed by atoms with Gasteiger partial charge in [-0.15, -0.1) is 11.3 Å². The maximum atomic E-state index is 13.1. The van der Waals surface area contributed by atoms with Crippen molar-refractivity contribution >= 4 is 39.2 Å². The van der Waals surface area contributed by atoms with Gasteiger partial charge in [0.1, 0.15) is 16.5 Å². The van der Waals surface area contributed by atoms with E-state index >= 15 is 0 Å². The largest absolute Gasteiger partial charge is 0.338 e. The second kappa shape index (κ2) is 7.87. The topological polar surface area (TPSA) is 88.1 Å². The van der Waals surface area contributed by atoms with E-state index in [4.69, 9.17) is 0 Å². The Morgan fingerprint density at radius 1 is 1.14 bits per heavy atom. The molecule has 1 aliphatic rings. The molecule has 7 nitrogen and oxygen atoms in total. The van der Waals surface area contributed by atoms with Crippen molar-refractivity contribution < 1.29 is 9.59 Å². The van der Waals surface area contributed by atoms with Gasteiger partial charge >= 0.3 is 0 Å². The van der Waals surface area contributed by atoms with Crippen LogP contribution in [-0.2, 0) is 4.79 Å². The average molecular weight is 410 g/mol. The molecule has 0 saturated carbocycles. The van der Waals surface area contributed by atoms with Crippen molar-refractivity contribution in [3.8, 4) is 0 Å². The number of pyridine rings is 1. The molecule has 0 radical (unpaired) electrons. The second-order valence-electron chi connectivity index (χ2n) is 7.36. The van der Waals surface area contributed by atoms with Gasteiger partial charge in [0.25, 0.3) is 5.91 Å². The number of amides is 2. The van der Waals surface area contributed by atoms with Gasteiger partial charge in [-0.05, 0) is 51.3 Å². The number of hydrogen-bond donors (Lipinski definition) is 1. The SMILES string of the molecule is Cc1nc(C)c2c(C)c(C(=O)N3CCC(C(=O)Nc4ccccn4)CC3)sc2n1. The van der Waals surface area contributed by atoms with Gasteiger partial charge in [-0.2, -0.15) is 0 Å². The predicted molar refractivity (Wildman–Crippen MR) is 113 cm³/mol. The Morgan fingerprint density at radius 3 is 2.59 bits per heavy atom. The Labute approximate surface area is 173 Å². The zero-order valence-corrected chi connectivity index (χ0v) is 17.5. The summed E-state index contributed by atoms with van der Waals surface area (Å²) < 4.78 is 0. The van der Waals surface area contributed by atoms with Crippen LogP contribution in [0.4, 0.5) is 5.82 Å². The van der Waals surface area contributed by atoms with Gasteiger partial charge in [0.05, 0.1) is 4.88 Å². The molecule has 3 aromatic heterocycles. The van der Waals surface area contributed by atoms with Crippen LogP contribution in [0.2, 0.25) is 0 Å². The molecule has 0 bridgehead atoms. The van der Waals surface area contributed by atoms with E-state index in [1.807, 2.05) is 37.8 Å². The molecule has 3 aromatic rings. The van der Waals surface area contributed by atoms with Crippen LogP contribution in [0.3, 0.4) is 0 Å². The number of likely N-dealkylation sites (tertiary alicyclic amines) is 1. The summed E-state index contributed by atoms with van der Waals surface area (Å²) in [7, 11) is 0. The molecule has 8 heteroatoms. The van der Waals surface area contributed by atoms with Crippen molar-refractivity contribution in [2.24, 2.45) is 5.92 Å². The van der Waals surface area contributed by atoms with Crippen LogP contribution in [-0.4, -0.2) is 44.8 Å². The maximum absolute atomic E-state index is 13.1. The van der Waals surface area contributed by atoms with Crippen molar-refractivity contribution in [1.82, 2.24) is 19.9 Å². The van der Waals surface area contributed by atoms with Gasteiger partial charge in [-0.25, -0.2) is 15.0 Å². The average Bonchev–Trinajstić information content (AvgIpc) is 3.04. The number of aromatic nitrogens is 3. The molecule has 1 aliphatic heterocycles. The van der Waals surface area contributed by atoms with E-state index in [1.165, 1.54) is 11.3 Å². The number of nitrogens with one attached hydrogen (secondary N) is 1. The van der Waals surface area contributed by atoms with Gasteiger partial charge in [-0.3, -0.25) is 9.59 Å². The second-order valence-corrected chi connectivity index (χ2v) is 8.36. The molecule has 1 fully saturated rings. The highest BCUT2D eigenvalue weighted by Crippen LogP contribution is 2.33. The number of piperidine rings is 1. The summed E-state index contributed by atoms with van der Waals surface area (Å²) in [5.74, 6) is 1.15. The molecular formula is C21H23N5O2S. The molecule has 0 atom stereocenters. The minimum atomic E-state index is -0.111. The lowest BCUT2D eigenvalue weighted by atomic mass is 9.95. The molecule has 150 valence electrons. The smallest absolute Gasteiger partial charge is 0.264 e. The van der Waals surface area contributed by atoms with Gasteiger partial charge in [0, 0.05) is 36.3 Å². The molecule has 1 saturated heterocycles. The number of rotatable bonds is 3. The normalized spacial score (nSPS) is 14.9. The van der Waals surface area contributed by atoms with Gasteiger partial charge in [0.15, 0.2) is 0 Å². The van der Waals surface area contributed by atoms with E-state index < -0.39 is 0 Å². The summed E-state index contributed by atoms with van der Waals surface area (Å²) in [6.07, 6.45) is 2.94. The van der Waals surface area contributed by atoms with Crippen molar-refractivity contribution in [2.45, 2.75) is 33.6 Å². The Bertz CT molecular complexity index is 1070. The first-order chi connectivity index (χ1) is 13.9. The predicted octanol–water partition coefficient (Wildman–Crippen LogP) is 3.50. The number of carbonyl (C=O) groups is 2. The van der Waals surface area contributed by atoms with Crippen LogP contribution < -0.4 is 5.32 Å². The lowest BCUT2D eigenvalue weighted by Crippen LogP contribution is -2.41. The van der Waals surface area contributed by atoms with Gasteiger partial charge < -0.3 is 10.2 Å². The summed E-state index contributed by atoms with van der Waals surface area (Å²) >= 11 is 1.43. The Kier molecular flexibility index (Phi) is 5.27. The van der Waals surface area contributed by atoms with E-state index in [-0.39, 0.29) is 17.7 Å². The van der Waals surface area contributed by atoms with E-state index in [1.54, 1.807) is 12.3 Å². The Balaban J connectivity index is 1.44. The number of carbonyl (C=O) groups excluding carboxylic acids is 2. The number of fused-ring (bicyclic) bond motifs is 1. The summed E-state index contributed by atoms with van der Waals surface area (Å²) in [5, 5.41) is 3.84. The summed E-state index contributed by atoms with van der Waals surface area (Å²) in [6, 6.07) is 5.42. The highest BCUT2D eigenvalue weighted by atomic mass is 32.1. The van der Waals surface area contributed by atoms with Crippen molar-refractivity contribution in [2.75, 3.05) is 18.4 Å². The molecule has 1 N–H and O–H groups in total. The van der Waals surface area contributed by atoms with E-state index in [2.05, 4.69) is 20.3 Å². The van der Waals surface area contributed by atoms with Crippen LogP contribution in [0.1, 0.15) is 39.6 Å². The highest BCUT2D eigenvalue weighted by Gasteiger charge is 2.30. The Hall–Kier alpha value is -2.87. The number of aryl methyl sites for hydroxylation is 3. The molecule has 4 heterocycles. The molecule has 0 spiro atoms. The first-order valence-corrected chi connectivity index (χ1v) is 10.5. The monoisotopic (exact) mass is 409 g/mol. The molecule has 0 unspecified atom stereocenters. The van der Waals surface area contributed by atoms with Crippen molar-refractivity contribution in [3.05, 3.63) is 46.4 Å². The van der Waals surface area contributed by atoms with E-state index in [0.717, 1.165) is 32.2 Å². The lowest BCUT2D eigenvalue weighted by Gasteiger charge is -2.31. The summed E-state index contributed by atoms with van der Waals surface area (Å²) in [4.78, 5) is 42.1. The van der Waals surface area contributed by atoms with Gasteiger partial charge in [0.2, 0.25) is 5.91 Å². The first kappa shape index (κ1) is 19.4. The fourth-order valence-electron chi connectivity index (χ4n) is 3.83. The van der Waals surface area contributed by atoms with Crippen molar-refractivity contribution in [1.29, 1.82) is 0 Å². The molecule has 0 aliphatic carbocycles. The number of anilines is 1. The first-order valence-electron chi connectivity index (χ1n) is 9.69. The minimum Gasteiger partial charge on any atom is -0.338 e. The van der Waals surface area contributed by atoms with E-state index in [0.29, 0.717) is 31.7 Å². The minimum absolute atomic E-state index is 0.0196. The molecule has 4 rings (SSSR count). The summed E-state index contributed by atoms with van der Waals surface area (Å²) in [6.45, 7) is 6.91. The van der Waals surface area contributed by atoms with Crippen LogP contribution in [0.5, 0.6) is 0 Å². The third-order valence-electron chi connectivity index (χ3n) is 5.35. The van der Waals surface area contributed by atoms with Gasteiger partial charge in [-0.1, -0.05) is 6.07 Å². The quantitative estimate of drug-likeness (QED) is 0.715. The third kappa shape index (κ3) is 3.85. The molecule has 0 aromatic carbocycles. The number of thiophene rings is 1. The lowest BCUT2D eigenvalue weighted by molar-refractivity contribution is -0.121. The molecular weight excluding hydrogens is 386 g/mol. The Morgan fingerprint density at radius 2 is 1.90 bits per heavy atom. The highest BCUT2D eigenvalue weighted by molar-refractivity contribution is 7.20. The zero-order valence-electron chi connectivity index (χ0n) is 16.7. The van der Waals surface area contributed by atoms with Crippen LogP contribution in [0, 0.1) is 26.7 Å². The van der Waals surface area contributed by atoms with Crippen LogP contribution in [0.25, 0.3) is 10.2 Å². The summed E-state index contributed by atoms with van der Waals surface area (Å²) in [5.41, 5.74) is 1.85. The van der Waals surface area contributed by atoms with Crippen LogP contribution in [0.15, 0.2) is 24.4 Å². The molecule has 29 heavy (non-hydrogen) atoms. The number of nitrogens with zero attached hydrogens (tertiary/aromatic N) is 4. The van der Waals surface area contributed by atoms with Crippen molar-refractivity contribution in [3.63, 3.8) is 0 Å².